The van der Waals surface area contributed by atoms with Gasteiger partial charge in [-0.15, -0.1) is 0 Å². The quantitative estimate of drug-likeness (QED) is 0.351. The van der Waals surface area contributed by atoms with Crippen molar-refractivity contribution in [3.8, 4) is 6.07 Å². The predicted molar refractivity (Wildman–Crippen MR) is 173 cm³/mol. The van der Waals surface area contributed by atoms with E-state index in [2.05, 4.69) is 46.0 Å². The maximum atomic E-state index is 14.7. The van der Waals surface area contributed by atoms with Crippen molar-refractivity contribution in [3.63, 3.8) is 0 Å². The molecule has 0 aromatic rings. The lowest BCUT2D eigenvalue weighted by atomic mass is 9.34. The van der Waals surface area contributed by atoms with Crippen LogP contribution in [0.15, 0.2) is 23.3 Å². The van der Waals surface area contributed by atoms with Crippen molar-refractivity contribution < 1.29 is 14.4 Å². The first-order valence-corrected chi connectivity index (χ1v) is 17.8. The second-order valence-corrected chi connectivity index (χ2v) is 18.0. The largest absolute Gasteiger partial charge is 0.353 e. The first-order chi connectivity index (χ1) is 20.5. The Morgan fingerprint density at radius 1 is 0.932 bits per heavy atom. The fraction of sp³-hybridized carbons (Fsp3) is 0.795. The summed E-state index contributed by atoms with van der Waals surface area (Å²) < 4.78 is 0. The van der Waals surface area contributed by atoms with Gasteiger partial charge in [0, 0.05) is 29.2 Å². The number of allylic oxidation sites excluding steroid dienone is 4. The van der Waals surface area contributed by atoms with E-state index in [1.54, 1.807) is 0 Å². The van der Waals surface area contributed by atoms with E-state index in [0.717, 1.165) is 69.8 Å². The maximum absolute atomic E-state index is 14.7. The second kappa shape index (κ2) is 10.4. The Morgan fingerprint density at radius 2 is 1.61 bits per heavy atom. The van der Waals surface area contributed by atoms with Crippen LogP contribution in [-0.2, 0) is 14.4 Å². The highest BCUT2D eigenvalue weighted by atomic mass is 16.2. The van der Waals surface area contributed by atoms with Gasteiger partial charge < -0.3 is 5.32 Å². The summed E-state index contributed by atoms with van der Waals surface area (Å²) in [5.41, 5.74) is 0.0479. The average Bonchev–Trinajstić information content (AvgIpc) is 2.96. The number of nitrogens with one attached hydrogen (secondary N) is 1. The fourth-order valence-corrected chi connectivity index (χ4v) is 12.1. The highest BCUT2D eigenvalue weighted by Crippen LogP contribution is 2.75. The lowest BCUT2D eigenvalue weighted by Crippen LogP contribution is -2.64. The topological polar surface area (TPSA) is 87.0 Å². The molecule has 0 saturated heterocycles. The van der Waals surface area contributed by atoms with Gasteiger partial charge in [0.05, 0.1) is 5.57 Å². The summed E-state index contributed by atoms with van der Waals surface area (Å²) in [4.78, 5) is 41.3. The smallest absolute Gasteiger partial charge is 0.220 e. The van der Waals surface area contributed by atoms with Crippen molar-refractivity contribution in [2.45, 2.75) is 144 Å². The number of nitriles is 1. The normalized spacial score (nSPS) is 42.8. The molecule has 4 saturated carbocycles. The molecule has 5 heteroatoms. The molecule has 0 aromatic heterocycles. The van der Waals surface area contributed by atoms with Crippen LogP contribution in [0.2, 0.25) is 0 Å². The number of hydrogen-bond acceptors (Lipinski definition) is 4. The van der Waals surface area contributed by atoms with E-state index in [-0.39, 0.29) is 62.5 Å². The Labute approximate surface area is 266 Å². The van der Waals surface area contributed by atoms with Crippen molar-refractivity contribution >= 4 is 17.5 Å². The van der Waals surface area contributed by atoms with Gasteiger partial charge in [0.15, 0.2) is 11.6 Å². The van der Waals surface area contributed by atoms with Crippen LogP contribution >= 0.6 is 0 Å². The zero-order valence-electron chi connectivity index (χ0n) is 28.5. The SMILES string of the molecule is CC1(C)CCC2(CCC(=O)NC3CCCCC3)CCC3(C)C(C(=O)C=C4C5(C)C=C(C#N)C(=O)C(C)(C)C5CCC43C)C2C1. The van der Waals surface area contributed by atoms with Gasteiger partial charge in [-0.25, -0.2) is 0 Å². The minimum atomic E-state index is -0.648. The van der Waals surface area contributed by atoms with Crippen molar-refractivity contribution in [2.75, 3.05) is 0 Å². The standard InChI is InChI=1S/C39H56N2O3/c1-34(2)17-19-39(16-14-31(43)41-26-11-9-8-10-12-26)20-18-38(7)32(27(39)23-34)28(42)21-30-36(5)22-25(24-40)33(44)35(3,4)29(36)13-15-37(30,38)6/h21-22,26-27,29,32H,8-20,23H2,1-7H3,(H,41,43). The fourth-order valence-electron chi connectivity index (χ4n) is 12.1. The summed E-state index contributed by atoms with van der Waals surface area (Å²) in [7, 11) is 0. The molecule has 44 heavy (non-hydrogen) atoms. The molecule has 0 aromatic carbocycles. The molecule has 0 spiro atoms. The van der Waals surface area contributed by atoms with E-state index in [1.807, 2.05) is 26.0 Å². The van der Waals surface area contributed by atoms with Crippen molar-refractivity contribution in [3.05, 3.63) is 23.3 Å². The molecular weight excluding hydrogens is 544 g/mol. The van der Waals surface area contributed by atoms with Crippen LogP contribution in [-0.4, -0.2) is 23.5 Å². The number of fused-ring (bicyclic) bond motifs is 7. The van der Waals surface area contributed by atoms with Gasteiger partial charge in [-0.2, -0.15) is 5.26 Å². The molecule has 6 aliphatic rings. The molecule has 5 nitrogen and oxygen atoms in total. The monoisotopic (exact) mass is 600 g/mol. The molecule has 6 aliphatic carbocycles. The van der Waals surface area contributed by atoms with E-state index in [0.29, 0.717) is 12.5 Å². The molecule has 4 fully saturated rings. The van der Waals surface area contributed by atoms with Crippen molar-refractivity contribution in [1.82, 2.24) is 5.32 Å². The number of nitrogens with zero attached hydrogens (tertiary/aromatic N) is 1. The molecule has 240 valence electrons. The molecule has 7 unspecified atom stereocenters. The van der Waals surface area contributed by atoms with Gasteiger partial charge in [0.2, 0.25) is 5.91 Å². The highest BCUT2D eigenvalue weighted by molar-refractivity contribution is 6.04. The van der Waals surface area contributed by atoms with E-state index in [9.17, 15) is 19.6 Å². The number of carbonyl (C=O) groups excluding carboxylic acids is 3. The summed E-state index contributed by atoms with van der Waals surface area (Å²) in [5, 5.41) is 13.3. The van der Waals surface area contributed by atoms with Gasteiger partial charge in [0.1, 0.15) is 6.07 Å². The van der Waals surface area contributed by atoms with Crippen LogP contribution in [0.4, 0.5) is 0 Å². The van der Waals surface area contributed by atoms with Crippen LogP contribution in [0.25, 0.3) is 0 Å². The summed E-state index contributed by atoms with van der Waals surface area (Å²) >= 11 is 0. The second-order valence-electron chi connectivity index (χ2n) is 18.0. The molecule has 7 atom stereocenters. The average molecular weight is 601 g/mol. The van der Waals surface area contributed by atoms with E-state index < -0.39 is 10.8 Å². The van der Waals surface area contributed by atoms with Crippen molar-refractivity contribution in [1.29, 1.82) is 5.26 Å². The maximum Gasteiger partial charge on any atom is 0.220 e. The number of Topliss-reactive ketones (excluding diaryl/α,β-unsaturated/α-hetero) is 1. The van der Waals surface area contributed by atoms with Gasteiger partial charge in [-0.3, -0.25) is 14.4 Å². The van der Waals surface area contributed by atoms with Gasteiger partial charge in [-0.1, -0.05) is 79.4 Å². The van der Waals surface area contributed by atoms with Crippen LogP contribution in [0.1, 0.15) is 138 Å². The molecule has 1 amide bonds. The summed E-state index contributed by atoms with van der Waals surface area (Å²) in [6.45, 7) is 15.8. The minimum absolute atomic E-state index is 0.0230. The number of carbonyl (C=O) groups is 3. The predicted octanol–water partition coefficient (Wildman–Crippen LogP) is 8.44. The molecule has 6 rings (SSSR count). The van der Waals surface area contributed by atoms with Gasteiger partial charge in [0.25, 0.3) is 0 Å². The molecular formula is C39H56N2O3. The Balaban J connectivity index is 1.36. The Bertz CT molecular complexity index is 1360. The highest BCUT2D eigenvalue weighted by Gasteiger charge is 2.69. The van der Waals surface area contributed by atoms with Crippen LogP contribution in [0.5, 0.6) is 0 Å². The molecule has 1 N–H and O–H groups in total. The Hall–Kier alpha value is -2.22. The molecule has 0 bridgehead atoms. The lowest BCUT2D eigenvalue weighted by Gasteiger charge is -2.69. The Kier molecular flexibility index (Phi) is 7.50. The summed E-state index contributed by atoms with van der Waals surface area (Å²) in [6.07, 6.45) is 18.5. The summed E-state index contributed by atoms with van der Waals surface area (Å²) in [5.74, 6) is 0.650. The number of hydrogen-bond donors (Lipinski definition) is 1. The molecule has 0 radical (unpaired) electrons. The number of ketones is 2. The molecule has 0 heterocycles. The molecule has 0 aliphatic heterocycles. The zero-order valence-corrected chi connectivity index (χ0v) is 28.5. The number of rotatable bonds is 4. The van der Waals surface area contributed by atoms with Crippen LogP contribution in [0.3, 0.4) is 0 Å². The third kappa shape index (κ3) is 4.54. The Morgan fingerprint density at radius 3 is 2.30 bits per heavy atom. The van der Waals surface area contributed by atoms with E-state index in [1.165, 1.54) is 19.3 Å². The van der Waals surface area contributed by atoms with E-state index in [4.69, 9.17) is 0 Å². The first-order valence-electron chi connectivity index (χ1n) is 17.8. The van der Waals surface area contributed by atoms with Crippen LogP contribution < -0.4 is 5.32 Å². The zero-order chi connectivity index (χ0) is 31.9. The minimum Gasteiger partial charge on any atom is -0.353 e. The summed E-state index contributed by atoms with van der Waals surface area (Å²) in [6, 6.07) is 2.55. The third-order valence-electron chi connectivity index (χ3n) is 14.9. The van der Waals surface area contributed by atoms with Gasteiger partial charge >= 0.3 is 0 Å². The van der Waals surface area contributed by atoms with Gasteiger partial charge in [-0.05, 0) is 104 Å². The first kappa shape index (κ1) is 31.7. The lowest BCUT2D eigenvalue weighted by molar-refractivity contribution is -0.173. The van der Waals surface area contributed by atoms with Crippen molar-refractivity contribution in [2.24, 2.45) is 50.2 Å². The van der Waals surface area contributed by atoms with Crippen LogP contribution in [0, 0.1) is 61.6 Å². The third-order valence-corrected chi connectivity index (χ3v) is 14.9. The van der Waals surface area contributed by atoms with E-state index >= 15 is 0 Å². The number of amides is 1.